The molecule has 0 aromatic heterocycles. The molecule has 0 radical (unpaired) electrons. The number of hydrogen-bond donors (Lipinski definition) is 1. The maximum atomic E-state index is 11.3. The number of carboxylic acids is 1. The van der Waals surface area contributed by atoms with Gasteiger partial charge in [0, 0.05) is 6.42 Å². The molecule has 4 rings (SSSR count). The van der Waals surface area contributed by atoms with Gasteiger partial charge in [0.1, 0.15) is 0 Å². The molecule has 4 aliphatic rings. The van der Waals surface area contributed by atoms with Crippen LogP contribution in [-0.4, -0.2) is 11.1 Å². The third kappa shape index (κ3) is 2.69. The van der Waals surface area contributed by atoms with Crippen LogP contribution >= 0.6 is 0 Å². The lowest BCUT2D eigenvalue weighted by Gasteiger charge is -2.60. The summed E-state index contributed by atoms with van der Waals surface area (Å²) >= 11 is 0. The Labute approximate surface area is 154 Å². The van der Waals surface area contributed by atoms with E-state index in [0.717, 1.165) is 23.7 Å². The fourth-order valence-electron chi connectivity index (χ4n) is 8.69. The van der Waals surface area contributed by atoms with E-state index >= 15 is 0 Å². The Hall–Kier alpha value is -0.530. The molecule has 0 aromatic carbocycles. The zero-order valence-corrected chi connectivity index (χ0v) is 16.6. The Morgan fingerprint density at radius 3 is 2.48 bits per heavy atom. The average Bonchev–Trinajstić information content (AvgIpc) is 2.91. The molecule has 0 aliphatic heterocycles. The summed E-state index contributed by atoms with van der Waals surface area (Å²) in [5.41, 5.74) is 1.03. The number of hydrogen-bond acceptors (Lipinski definition) is 1. The minimum Gasteiger partial charge on any atom is -0.481 e. The van der Waals surface area contributed by atoms with Gasteiger partial charge in [-0.3, -0.25) is 4.79 Å². The van der Waals surface area contributed by atoms with Crippen LogP contribution in [0.15, 0.2) is 0 Å². The molecular weight excluding hydrogens is 308 g/mol. The normalized spacial score (nSPS) is 50.4. The Balaban J connectivity index is 1.56. The second-order valence-electron chi connectivity index (χ2n) is 10.7. The van der Waals surface area contributed by atoms with Gasteiger partial charge in [-0.1, -0.05) is 33.6 Å². The lowest BCUT2D eigenvalue weighted by molar-refractivity contribution is -0.139. The number of rotatable bonds is 3. The van der Waals surface area contributed by atoms with Gasteiger partial charge in [-0.05, 0) is 97.7 Å². The molecule has 0 spiro atoms. The highest BCUT2D eigenvalue weighted by Gasteiger charge is 2.60. The largest absolute Gasteiger partial charge is 0.481 e. The fourth-order valence-corrected chi connectivity index (χ4v) is 8.69. The van der Waals surface area contributed by atoms with Crippen LogP contribution in [0, 0.1) is 46.3 Å². The number of carboxylic acid groups (broad SMARTS) is 1. The maximum absolute atomic E-state index is 11.3. The summed E-state index contributed by atoms with van der Waals surface area (Å²) in [6.07, 6.45) is 14.6. The Kier molecular flexibility index (Phi) is 4.48. The third-order valence-corrected chi connectivity index (χ3v) is 9.84. The average molecular weight is 347 g/mol. The third-order valence-electron chi connectivity index (χ3n) is 9.84. The summed E-state index contributed by atoms with van der Waals surface area (Å²) < 4.78 is 0. The molecule has 5 unspecified atom stereocenters. The molecule has 142 valence electrons. The first-order chi connectivity index (χ1) is 11.9. The lowest BCUT2D eigenvalue weighted by atomic mass is 9.44. The Bertz CT molecular complexity index is 528. The van der Waals surface area contributed by atoms with Crippen molar-refractivity contribution in [3.05, 3.63) is 0 Å². The van der Waals surface area contributed by atoms with Crippen molar-refractivity contribution < 1.29 is 9.90 Å². The van der Waals surface area contributed by atoms with Gasteiger partial charge in [0.25, 0.3) is 0 Å². The molecule has 1 N–H and O–H groups in total. The highest BCUT2D eigenvalue weighted by molar-refractivity contribution is 5.67. The molecule has 4 aliphatic carbocycles. The molecule has 0 heterocycles. The zero-order chi connectivity index (χ0) is 17.8. The van der Waals surface area contributed by atoms with E-state index < -0.39 is 5.97 Å². The number of carbonyl (C=O) groups is 1. The summed E-state index contributed by atoms with van der Waals surface area (Å²) in [4.78, 5) is 11.3. The molecule has 0 amide bonds. The first kappa shape index (κ1) is 17.9. The molecule has 4 saturated carbocycles. The van der Waals surface area contributed by atoms with E-state index in [1.807, 2.05) is 0 Å². The van der Waals surface area contributed by atoms with Gasteiger partial charge in [-0.2, -0.15) is 0 Å². The summed E-state index contributed by atoms with van der Waals surface area (Å²) in [6.45, 7) is 7.40. The van der Waals surface area contributed by atoms with Gasteiger partial charge in [0.2, 0.25) is 0 Å². The van der Waals surface area contributed by atoms with Crippen molar-refractivity contribution in [1.82, 2.24) is 0 Å². The van der Waals surface area contributed by atoms with E-state index in [1.165, 1.54) is 64.2 Å². The smallest absolute Gasteiger partial charge is 0.303 e. The van der Waals surface area contributed by atoms with Crippen molar-refractivity contribution >= 4 is 5.97 Å². The zero-order valence-electron chi connectivity index (χ0n) is 16.6. The molecule has 0 saturated heterocycles. The molecule has 8 atom stereocenters. The van der Waals surface area contributed by atoms with Crippen molar-refractivity contribution in [2.24, 2.45) is 46.3 Å². The van der Waals surface area contributed by atoms with Crippen LogP contribution in [0.2, 0.25) is 0 Å². The molecule has 4 fully saturated rings. The van der Waals surface area contributed by atoms with E-state index in [-0.39, 0.29) is 0 Å². The van der Waals surface area contributed by atoms with Crippen molar-refractivity contribution in [1.29, 1.82) is 0 Å². The Morgan fingerprint density at radius 2 is 1.72 bits per heavy atom. The van der Waals surface area contributed by atoms with Crippen LogP contribution in [0.1, 0.15) is 91.4 Å². The van der Waals surface area contributed by atoms with Gasteiger partial charge in [0.15, 0.2) is 0 Å². The molecule has 2 heteroatoms. The first-order valence-electron chi connectivity index (χ1n) is 11.1. The van der Waals surface area contributed by atoms with Crippen LogP contribution in [0.5, 0.6) is 0 Å². The van der Waals surface area contributed by atoms with Crippen LogP contribution < -0.4 is 0 Å². The second kappa shape index (κ2) is 6.27. The van der Waals surface area contributed by atoms with Crippen molar-refractivity contribution in [3.8, 4) is 0 Å². The minimum absolute atomic E-state index is 0.339. The SMILES string of the molecule is C[C@H](CC(=O)O)C1CCC2C3CCC4CCCC[C@]4(C)C3CC[C@@]21C. The van der Waals surface area contributed by atoms with Crippen LogP contribution in [-0.2, 0) is 4.79 Å². The quantitative estimate of drug-likeness (QED) is 0.666. The van der Waals surface area contributed by atoms with E-state index in [2.05, 4.69) is 20.8 Å². The highest BCUT2D eigenvalue weighted by Crippen LogP contribution is 2.68. The second-order valence-corrected chi connectivity index (χ2v) is 10.7. The van der Waals surface area contributed by atoms with Crippen molar-refractivity contribution in [3.63, 3.8) is 0 Å². The lowest BCUT2D eigenvalue weighted by Crippen LogP contribution is -2.53. The van der Waals surface area contributed by atoms with Crippen LogP contribution in [0.3, 0.4) is 0 Å². The van der Waals surface area contributed by atoms with E-state index in [0.29, 0.717) is 29.1 Å². The van der Waals surface area contributed by atoms with Gasteiger partial charge in [-0.15, -0.1) is 0 Å². The monoisotopic (exact) mass is 346 g/mol. The van der Waals surface area contributed by atoms with E-state index in [1.54, 1.807) is 0 Å². The van der Waals surface area contributed by atoms with Crippen LogP contribution in [0.4, 0.5) is 0 Å². The predicted octanol–water partition coefficient (Wildman–Crippen LogP) is 6.15. The maximum Gasteiger partial charge on any atom is 0.303 e. The number of aliphatic carboxylic acids is 1. The molecule has 0 bridgehead atoms. The molecule has 0 aromatic rings. The molecular formula is C23H38O2. The van der Waals surface area contributed by atoms with E-state index in [4.69, 9.17) is 0 Å². The highest BCUT2D eigenvalue weighted by atomic mass is 16.4. The first-order valence-corrected chi connectivity index (χ1v) is 11.1. The number of fused-ring (bicyclic) bond motifs is 5. The molecule has 2 nitrogen and oxygen atoms in total. The van der Waals surface area contributed by atoms with Gasteiger partial charge < -0.3 is 5.11 Å². The van der Waals surface area contributed by atoms with E-state index in [9.17, 15) is 9.90 Å². The summed E-state index contributed by atoms with van der Waals surface area (Å²) in [7, 11) is 0. The Morgan fingerprint density at radius 1 is 0.960 bits per heavy atom. The standard InChI is InChI=1S/C23H38O2/c1-15(14-21(24)25)18-9-10-19-17-8-7-16-6-4-5-12-22(16,2)20(17)11-13-23(18,19)3/h15-20H,4-14H2,1-3H3,(H,24,25)/t15-,16?,17?,18?,19?,20?,22+,23-/m1/s1. The summed E-state index contributed by atoms with van der Waals surface area (Å²) in [6, 6.07) is 0. The van der Waals surface area contributed by atoms with Gasteiger partial charge in [-0.25, -0.2) is 0 Å². The summed E-state index contributed by atoms with van der Waals surface area (Å²) in [5, 5.41) is 9.27. The fraction of sp³-hybridized carbons (Fsp3) is 0.957. The van der Waals surface area contributed by atoms with Crippen molar-refractivity contribution in [2.75, 3.05) is 0 Å². The predicted molar refractivity (Wildman–Crippen MR) is 101 cm³/mol. The molecule has 25 heavy (non-hydrogen) atoms. The topological polar surface area (TPSA) is 37.3 Å². The van der Waals surface area contributed by atoms with Gasteiger partial charge in [0.05, 0.1) is 0 Å². The van der Waals surface area contributed by atoms with Gasteiger partial charge >= 0.3 is 5.97 Å². The summed E-state index contributed by atoms with van der Waals surface area (Å²) in [5.74, 6) is 4.11. The van der Waals surface area contributed by atoms with Crippen molar-refractivity contribution in [2.45, 2.75) is 91.4 Å². The van der Waals surface area contributed by atoms with Crippen LogP contribution in [0.25, 0.3) is 0 Å². The minimum atomic E-state index is -0.608.